The van der Waals surface area contributed by atoms with Gasteiger partial charge in [0.1, 0.15) is 5.75 Å². The third-order valence-corrected chi connectivity index (χ3v) is 4.28. The number of nitro benzene ring substituents is 1. The summed E-state index contributed by atoms with van der Waals surface area (Å²) in [6.07, 6.45) is 0. The number of ether oxygens (including phenoxy) is 2. The monoisotopic (exact) mass is 402 g/mol. The molecule has 1 heterocycles. The summed E-state index contributed by atoms with van der Waals surface area (Å²) in [7, 11) is 1.44. The Balaban J connectivity index is 2.25. The number of non-ortho nitro benzene ring substituents is 1. The highest BCUT2D eigenvalue weighted by atomic mass is 35.5. The normalized spacial score (nSPS) is 10.7. The van der Waals surface area contributed by atoms with Crippen molar-refractivity contribution in [2.75, 3.05) is 6.61 Å². The van der Waals surface area contributed by atoms with Gasteiger partial charge in [0.2, 0.25) is 0 Å². The van der Waals surface area contributed by atoms with E-state index in [2.05, 4.69) is 0 Å². The Kier molecular flexibility index (Phi) is 5.32. The van der Waals surface area contributed by atoms with Gasteiger partial charge >= 0.3 is 5.97 Å². The zero-order valence-electron chi connectivity index (χ0n) is 15.0. The number of carbonyl (C=O) groups excluding carboxylic acids is 1. The molecular formula is C19H15ClN2O6. The summed E-state index contributed by atoms with van der Waals surface area (Å²) in [5, 5.41) is 11.8. The van der Waals surface area contributed by atoms with E-state index in [1.807, 2.05) is 0 Å². The Labute approximate surface area is 164 Å². The molecule has 0 saturated carbocycles. The number of hydrogen-bond acceptors (Lipinski definition) is 6. The summed E-state index contributed by atoms with van der Waals surface area (Å²) >= 11 is 6.08. The van der Waals surface area contributed by atoms with Crippen LogP contribution < -0.4 is 10.3 Å². The zero-order chi connectivity index (χ0) is 20.4. The van der Waals surface area contributed by atoms with Gasteiger partial charge in [-0.2, -0.15) is 0 Å². The Morgan fingerprint density at radius 1 is 1.18 bits per heavy atom. The fourth-order valence-corrected chi connectivity index (χ4v) is 2.91. The second-order valence-corrected chi connectivity index (χ2v) is 6.24. The van der Waals surface area contributed by atoms with Crippen LogP contribution in [-0.4, -0.2) is 22.1 Å². The van der Waals surface area contributed by atoms with E-state index < -0.39 is 16.5 Å². The molecule has 0 saturated heterocycles. The van der Waals surface area contributed by atoms with E-state index in [0.717, 1.165) is 4.57 Å². The molecule has 0 fully saturated rings. The van der Waals surface area contributed by atoms with Gasteiger partial charge in [-0.05, 0) is 37.3 Å². The van der Waals surface area contributed by atoms with Crippen LogP contribution in [0.2, 0.25) is 5.02 Å². The Morgan fingerprint density at radius 2 is 1.86 bits per heavy atom. The number of fused-ring (bicyclic) bond motifs is 1. The summed E-state index contributed by atoms with van der Waals surface area (Å²) in [5.74, 6) is -0.413. The fourth-order valence-electron chi connectivity index (χ4n) is 2.74. The molecule has 9 heteroatoms. The second kappa shape index (κ2) is 7.69. The van der Waals surface area contributed by atoms with Gasteiger partial charge in [0.15, 0.2) is 11.4 Å². The van der Waals surface area contributed by atoms with Gasteiger partial charge in [0.05, 0.1) is 16.9 Å². The van der Waals surface area contributed by atoms with E-state index in [9.17, 15) is 19.7 Å². The molecule has 0 aliphatic rings. The van der Waals surface area contributed by atoms with Crippen LogP contribution in [0.1, 0.15) is 17.4 Å². The lowest BCUT2D eigenvalue weighted by Crippen LogP contribution is -2.25. The highest BCUT2D eigenvalue weighted by Gasteiger charge is 2.24. The van der Waals surface area contributed by atoms with Crippen LogP contribution in [-0.2, 0) is 11.8 Å². The molecule has 28 heavy (non-hydrogen) atoms. The van der Waals surface area contributed by atoms with Crippen LogP contribution in [0.4, 0.5) is 5.69 Å². The van der Waals surface area contributed by atoms with E-state index in [1.54, 1.807) is 13.0 Å². The molecule has 3 aromatic rings. The highest BCUT2D eigenvalue weighted by Crippen LogP contribution is 2.34. The van der Waals surface area contributed by atoms with Crippen molar-refractivity contribution in [1.29, 1.82) is 0 Å². The minimum absolute atomic E-state index is 0.0758. The van der Waals surface area contributed by atoms with Crippen molar-refractivity contribution in [3.05, 3.63) is 73.6 Å². The molecule has 0 aliphatic heterocycles. The molecule has 0 radical (unpaired) electrons. The van der Waals surface area contributed by atoms with Crippen molar-refractivity contribution >= 4 is 34.0 Å². The van der Waals surface area contributed by atoms with Gasteiger partial charge in [0.25, 0.3) is 11.2 Å². The Bertz CT molecular complexity index is 1140. The standard InChI is InChI=1S/C19H15ClN2O6/c1-3-27-19(24)16-17(28-13-7-5-12(6-8-13)22(25)26)15-10-11(20)4-9-14(15)18(23)21(16)2/h4-10H,3H2,1-2H3. The Hall–Kier alpha value is -3.39. The van der Waals surface area contributed by atoms with Gasteiger partial charge in [-0.3, -0.25) is 14.9 Å². The largest absolute Gasteiger partial charge is 0.461 e. The lowest BCUT2D eigenvalue weighted by molar-refractivity contribution is -0.384. The van der Waals surface area contributed by atoms with E-state index in [1.165, 1.54) is 43.4 Å². The number of aromatic nitrogens is 1. The number of halogens is 1. The van der Waals surface area contributed by atoms with Crippen molar-refractivity contribution < 1.29 is 19.2 Å². The summed E-state index contributed by atoms with van der Waals surface area (Å²) in [5.41, 5.74) is -0.600. The van der Waals surface area contributed by atoms with Gasteiger partial charge in [0, 0.05) is 29.6 Å². The van der Waals surface area contributed by atoms with Crippen molar-refractivity contribution in [1.82, 2.24) is 4.57 Å². The maximum atomic E-state index is 12.7. The first-order chi connectivity index (χ1) is 13.3. The van der Waals surface area contributed by atoms with Gasteiger partial charge in [-0.25, -0.2) is 4.79 Å². The number of nitrogens with zero attached hydrogens (tertiary/aromatic N) is 2. The van der Waals surface area contributed by atoms with Crippen molar-refractivity contribution in [3.63, 3.8) is 0 Å². The highest BCUT2D eigenvalue weighted by molar-refractivity contribution is 6.31. The molecule has 144 valence electrons. The molecule has 1 aromatic heterocycles. The molecule has 0 bridgehead atoms. The third kappa shape index (κ3) is 3.54. The summed E-state index contributed by atoms with van der Waals surface area (Å²) in [6.45, 7) is 1.75. The number of benzene rings is 2. The van der Waals surface area contributed by atoms with Crippen LogP contribution in [0, 0.1) is 10.1 Å². The molecule has 0 amide bonds. The molecule has 0 unspecified atom stereocenters. The lowest BCUT2D eigenvalue weighted by atomic mass is 10.1. The molecular weight excluding hydrogens is 388 g/mol. The number of pyridine rings is 1. The van der Waals surface area contributed by atoms with Crippen LogP contribution in [0.3, 0.4) is 0 Å². The van der Waals surface area contributed by atoms with Gasteiger partial charge in [-0.15, -0.1) is 0 Å². The quantitative estimate of drug-likeness (QED) is 0.362. The number of nitro groups is 1. The molecule has 8 nitrogen and oxygen atoms in total. The van der Waals surface area contributed by atoms with Gasteiger partial charge < -0.3 is 14.0 Å². The number of carbonyl (C=O) groups is 1. The minimum Gasteiger partial charge on any atom is -0.461 e. The van der Waals surface area contributed by atoms with Crippen molar-refractivity contribution in [3.8, 4) is 11.5 Å². The maximum absolute atomic E-state index is 12.7. The average Bonchev–Trinajstić information content (AvgIpc) is 2.66. The summed E-state index contributed by atoms with van der Waals surface area (Å²) in [6, 6.07) is 9.96. The third-order valence-electron chi connectivity index (χ3n) is 4.05. The zero-order valence-corrected chi connectivity index (χ0v) is 15.7. The number of esters is 1. The first-order valence-corrected chi connectivity index (χ1v) is 8.63. The average molecular weight is 403 g/mol. The molecule has 0 N–H and O–H groups in total. The van der Waals surface area contributed by atoms with Crippen molar-refractivity contribution in [2.24, 2.45) is 7.05 Å². The predicted octanol–water partition coefficient (Wildman–Crippen LogP) is 4.07. The molecule has 2 aromatic carbocycles. The van der Waals surface area contributed by atoms with E-state index in [-0.39, 0.29) is 29.5 Å². The number of hydrogen-bond donors (Lipinski definition) is 0. The van der Waals surface area contributed by atoms with Crippen LogP contribution in [0.15, 0.2) is 47.3 Å². The van der Waals surface area contributed by atoms with Gasteiger partial charge in [-0.1, -0.05) is 11.6 Å². The fraction of sp³-hybridized carbons (Fsp3) is 0.158. The molecule has 3 rings (SSSR count). The van der Waals surface area contributed by atoms with Crippen LogP contribution in [0.5, 0.6) is 11.5 Å². The smallest absolute Gasteiger partial charge is 0.358 e. The minimum atomic E-state index is -0.735. The maximum Gasteiger partial charge on any atom is 0.358 e. The Morgan fingerprint density at radius 3 is 2.46 bits per heavy atom. The van der Waals surface area contributed by atoms with Crippen LogP contribution >= 0.6 is 11.6 Å². The molecule has 0 aliphatic carbocycles. The lowest BCUT2D eigenvalue weighted by Gasteiger charge is -2.16. The van der Waals surface area contributed by atoms with E-state index in [4.69, 9.17) is 21.1 Å². The van der Waals surface area contributed by atoms with Crippen molar-refractivity contribution in [2.45, 2.75) is 6.92 Å². The number of rotatable bonds is 5. The van der Waals surface area contributed by atoms with E-state index in [0.29, 0.717) is 15.8 Å². The SMILES string of the molecule is CCOC(=O)c1c(Oc2ccc([N+](=O)[O-])cc2)c2cc(Cl)ccc2c(=O)n1C. The summed E-state index contributed by atoms with van der Waals surface area (Å²) in [4.78, 5) is 35.5. The topological polar surface area (TPSA) is 101 Å². The summed E-state index contributed by atoms with van der Waals surface area (Å²) < 4.78 is 12.1. The first-order valence-electron chi connectivity index (χ1n) is 8.25. The predicted molar refractivity (Wildman–Crippen MR) is 103 cm³/mol. The molecule has 0 spiro atoms. The first kappa shape index (κ1) is 19.4. The molecule has 0 atom stereocenters. The van der Waals surface area contributed by atoms with Crippen LogP contribution in [0.25, 0.3) is 10.8 Å². The second-order valence-electron chi connectivity index (χ2n) is 5.81. The van der Waals surface area contributed by atoms with E-state index >= 15 is 0 Å².